The first-order valence-corrected chi connectivity index (χ1v) is 7.93. The number of carbonyl (C=O) groups is 1. The van der Waals surface area contributed by atoms with E-state index >= 15 is 0 Å². The van der Waals surface area contributed by atoms with E-state index in [0.29, 0.717) is 16.7 Å². The van der Waals surface area contributed by atoms with Gasteiger partial charge in [0.25, 0.3) is 5.91 Å². The zero-order valence-corrected chi connectivity index (χ0v) is 13.9. The summed E-state index contributed by atoms with van der Waals surface area (Å²) in [4.78, 5) is 12.2. The molecule has 1 aromatic rings. The maximum atomic E-state index is 12.2. The average molecular weight is 288 g/mol. The fraction of sp³-hybridized carbons (Fsp3) is 0.611. The van der Waals surface area contributed by atoms with Gasteiger partial charge in [0, 0.05) is 24.3 Å². The third kappa shape index (κ3) is 3.07. The van der Waals surface area contributed by atoms with Crippen LogP contribution in [0.2, 0.25) is 0 Å². The van der Waals surface area contributed by atoms with Crippen LogP contribution < -0.4 is 10.6 Å². The fourth-order valence-corrected chi connectivity index (χ4v) is 3.15. The molecule has 1 aliphatic rings. The SMILES string of the molecule is CCCNc1ccc(C(=O)NCC2C(C)(C)C2(C)C)cc1. The average Bonchev–Trinajstić information content (AvgIpc) is 2.84. The molecule has 3 nitrogen and oxygen atoms in total. The normalized spacial score (nSPS) is 19.1. The summed E-state index contributed by atoms with van der Waals surface area (Å²) in [6.07, 6.45) is 1.09. The summed E-state index contributed by atoms with van der Waals surface area (Å²) in [5, 5.41) is 6.39. The highest BCUT2D eigenvalue weighted by molar-refractivity contribution is 5.94. The number of nitrogens with one attached hydrogen (secondary N) is 2. The fourth-order valence-electron chi connectivity index (χ4n) is 3.15. The summed E-state index contributed by atoms with van der Waals surface area (Å²) in [5.41, 5.74) is 2.42. The lowest BCUT2D eigenvalue weighted by molar-refractivity contribution is 0.0950. The van der Waals surface area contributed by atoms with E-state index in [1.807, 2.05) is 24.3 Å². The molecule has 0 saturated heterocycles. The lowest BCUT2D eigenvalue weighted by atomic mass is 10.0. The largest absolute Gasteiger partial charge is 0.385 e. The van der Waals surface area contributed by atoms with Crippen LogP contribution in [0.3, 0.4) is 0 Å². The number of rotatable bonds is 6. The second-order valence-corrected chi connectivity index (χ2v) is 7.21. The molecule has 1 aliphatic carbocycles. The van der Waals surface area contributed by atoms with Crippen LogP contribution in [-0.4, -0.2) is 19.0 Å². The molecule has 0 aliphatic heterocycles. The van der Waals surface area contributed by atoms with E-state index in [2.05, 4.69) is 45.3 Å². The Labute approximate surface area is 128 Å². The standard InChI is InChI=1S/C18H28N2O/c1-6-11-19-14-9-7-13(8-10-14)16(21)20-12-15-17(2,3)18(15,4)5/h7-10,15,19H,6,11-12H2,1-5H3,(H,20,21). The zero-order chi connectivity index (χ0) is 15.7. The molecule has 116 valence electrons. The van der Waals surface area contributed by atoms with E-state index < -0.39 is 0 Å². The minimum Gasteiger partial charge on any atom is -0.385 e. The molecule has 1 aromatic carbocycles. The predicted octanol–water partition coefficient (Wildman–Crippen LogP) is 3.92. The van der Waals surface area contributed by atoms with Crippen LogP contribution >= 0.6 is 0 Å². The van der Waals surface area contributed by atoms with Crippen molar-refractivity contribution in [3.8, 4) is 0 Å². The number of anilines is 1. The van der Waals surface area contributed by atoms with Crippen molar-refractivity contribution < 1.29 is 4.79 Å². The summed E-state index contributed by atoms with van der Waals surface area (Å²) in [6, 6.07) is 7.71. The van der Waals surface area contributed by atoms with Crippen LogP contribution in [-0.2, 0) is 0 Å². The Bertz CT molecular complexity index is 488. The molecule has 2 N–H and O–H groups in total. The van der Waals surface area contributed by atoms with Gasteiger partial charge in [0.1, 0.15) is 0 Å². The molecule has 0 aromatic heterocycles. The van der Waals surface area contributed by atoms with Gasteiger partial charge in [0.15, 0.2) is 0 Å². The number of benzene rings is 1. The maximum absolute atomic E-state index is 12.2. The van der Waals surface area contributed by atoms with Crippen LogP contribution in [0.25, 0.3) is 0 Å². The third-order valence-corrected chi connectivity index (χ3v) is 5.51. The van der Waals surface area contributed by atoms with E-state index in [9.17, 15) is 4.79 Å². The minimum absolute atomic E-state index is 0.0236. The Morgan fingerprint density at radius 3 is 2.14 bits per heavy atom. The van der Waals surface area contributed by atoms with Gasteiger partial charge in [0.2, 0.25) is 0 Å². The molecular weight excluding hydrogens is 260 g/mol. The highest BCUT2D eigenvalue weighted by Gasteiger charge is 2.64. The molecule has 0 spiro atoms. The van der Waals surface area contributed by atoms with Crippen molar-refractivity contribution in [3.05, 3.63) is 29.8 Å². The molecule has 0 bridgehead atoms. The number of carbonyl (C=O) groups excluding carboxylic acids is 1. The molecule has 21 heavy (non-hydrogen) atoms. The smallest absolute Gasteiger partial charge is 0.251 e. The summed E-state index contributed by atoms with van der Waals surface area (Å²) in [5.74, 6) is 0.579. The molecule has 0 radical (unpaired) electrons. The lowest BCUT2D eigenvalue weighted by Crippen LogP contribution is -2.27. The Morgan fingerprint density at radius 2 is 1.67 bits per heavy atom. The van der Waals surface area contributed by atoms with E-state index in [1.54, 1.807) is 0 Å². The second-order valence-electron chi connectivity index (χ2n) is 7.21. The maximum Gasteiger partial charge on any atom is 0.251 e. The predicted molar refractivity (Wildman–Crippen MR) is 88.6 cm³/mol. The van der Waals surface area contributed by atoms with Gasteiger partial charge < -0.3 is 10.6 Å². The van der Waals surface area contributed by atoms with Gasteiger partial charge in [-0.2, -0.15) is 0 Å². The van der Waals surface area contributed by atoms with Gasteiger partial charge in [0.05, 0.1) is 0 Å². The Balaban J connectivity index is 1.87. The van der Waals surface area contributed by atoms with Crippen molar-refractivity contribution in [2.45, 2.75) is 41.0 Å². The van der Waals surface area contributed by atoms with Gasteiger partial charge in [-0.25, -0.2) is 0 Å². The molecule has 0 unspecified atom stereocenters. The number of amides is 1. The van der Waals surface area contributed by atoms with Gasteiger partial charge >= 0.3 is 0 Å². The summed E-state index contributed by atoms with van der Waals surface area (Å²) < 4.78 is 0. The molecule has 0 heterocycles. The van der Waals surface area contributed by atoms with Crippen LogP contribution in [0.4, 0.5) is 5.69 Å². The van der Waals surface area contributed by atoms with E-state index in [1.165, 1.54) is 0 Å². The van der Waals surface area contributed by atoms with Crippen LogP contribution in [0, 0.1) is 16.7 Å². The van der Waals surface area contributed by atoms with E-state index in [4.69, 9.17) is 0 Å². The quantitative estimate of drug-likeness (QED) is 0.833. The van der Waals surface area contributed by atoms with Crippen LogP contribution in [0.15, 0.2) is 24.3 Å². The highest BCUT2D eigenvalue weighted by atomic mass is 16.1. The third-order valence-electron chi connectivity index (χ3n) is 5.51. The van der Waals surface area contributed by atoms with Crippen molar-refractivity contribution in [2.24, 2.45) is 16.7 Å². The Kier molecular flexibility index (Phi) is 4.31. The van der Waals surface area contributed by atoms with Crippen molar-refractivity contribution in [3.63, 3.8) is 0 Å². The van der Waals surface area contributed by atoms with E-state index in [0.717, 1.165) is 30.8 Å². The second kappa shape index (κ2) is 5.70. The Morgan fingerprint density at radius 1 is 1.10 bits per heavy atom. The minimum atomic E-state index is 0.0236. The molecule has 0 atom stereocenters. The summed E-state index contributed by atoms with van der Waals surface area (Å²) in [7, 11) is 0. The molecule has 1 saturated carbocycles. The van der Waals surface area contributed by atoms with Gasteiger partial charge in [-0.15, -0.1) is 0 Å². The van der Waals surface area contributed by atoms with Crippen molar-refractivity contribution in [1.29, 1.82) is 0 Å². The Hall–Kier alpha value is -1.51. The first-order chi connectivity index (χ1) is 9.80. The number of hydrogen-bond donors (Lipinski definition) is 2. The van der Waals surface area contributed by atoms with Crippen molar-refractivity contribution >= 4 is 11.6 Å². The number of hydrogen-bond acceptors (Lipinski definition) is 2. The molecule has 1 amide bonds. The van der Waals surface area contributed by atoms with Gasteiger partial charge in [-0.1, -0.05) is 34.6 Å². The van der Waals surface area contributed by atoms with Crippen molar-refractivity contribution in [1.82, 2.24) is 5.32 Å². The lowest BCUT2D eigenvalue weighted by Gasteiger charge is -2.08. The zero-order valence-electron chi connectivity index (χ0n) is 13.9. The molecule has 1 fully saturated rings. The topological polar surface area (TPSA) is 41.1 Å². The first kappa shape index (κ1) is 15.9. The first-order valence-electron chi connectivity index (χ1n) is 7.93. The summed E-state index contributed by atoms with van der Waals surface area (Å²) in [6.45, 7) is 13.0. The van der Waals surface area contributed by atoms with Gasteiger partial charge in [-0.05, 0) is 47.4 Å². The highest BCUT2D eigenvalue weighted by Crippen LogP contribution is 2.67. The van der Waals surface area contributed by atoms with Crippen LogP contribution in [0.1, 0.15) is 51.4 Å². The van der Waals surface area contributed by atoms with Gasteiger partial charge in [-0.3, -0.25) is 4.79 Å². The summed E-state index contributed by atoms with van der Waals surface area (Å²) >= 11 is 0. The molecular formula is C18H28N2O. The molecule has 3 heteroatoms. The molecule has 2 rings (SSSR count). The monoisotopic (exact) mass is 288 g/mol. The van der Waals surface area contributed by atoms with E-state index in [-0.39, 0.29) is 5.91 Å². The van der Waals surface area contributed by atoms with Crippen LogP contribution in [0.5, 0.6) is 0 Å². The van der Waals surface area contributed by atoms with Crippen molar-refractivity contribution in [2.75, 3.05) is 18.4 Å².